The number of hydrogen-bond donors (Lipinski definition) is 1. The highest BCUT2D eigenvalue weighted by molar-refractivity contribution is 4.82. The van der Waals surface area contributed by atoms with Gasteiger partial charge >= 0.3 is 0 Å². The number of nitrogens with zero attached hydrogens (tertiary/aromatic N) is 1. The van der Waals surface area contributed by atoms with Gasteiger partial charge in [-0.1, -0.05) is 20.8 Å². The normalized spacial score (nSPS) is 50.1. The summed E-state index contributed by atoms with van der Waals surface area (Å²) in [5, 5.41) is 0. The van der Waals surface area contributed by atoms with Crippen LogP contribution in [0.5, 0.6) is 0 Å². The molecule has 6 atom stereocenters. The first-order valence-electron chi connectivity index (χ1n) is 9.14. The summed E-state index contributed by atoms with van der Waals surface area (Å²) in [6.07, 6.45) is 8.16. The molecule has 0 aromatic heterocycles. The first-order chi connectivity index (χ1) is 9.54. The Morgan fingerprint density at radius 3 is 2.40 bits per heavy atom. The molecule has 2 heterocycles. The molecule has 2 nitrogen and oxygen atoms in total. The van der Waals surface area contributed by atoms with Gasteiger partial charge in [0.15, 0.2) is 0 Å². The van der Waals surface area contributed by atoms with Crippen molar-refractivity contribution >= 4 is 0 Å². The van der Waals surface area contributed by atoms with Crippen molar-refractivity contribution in [1.29, 1.82) is 0 Å². The van der Waals surface area contributed by atoms with E-state index in [2.05, 4.69) is 32.6 Å². The second-order valence-electron chi connectivity index (χ2n) is 8.52. The van der Waals surface area contributed by atoms with Crippen molar-refractivity contribution in [3.8, 4) is 0 Å². The van der Waals surface area contributed by atoms with Gasteiger partial charge in [-0.05, 0) is 50.9 Å². The highest BCUT2D eigenvalue weighted by Crippen LogP contribution is 2.32. The van der Waals surface area contributed by atoms with Crippen LogP contribution in [0.25, 0.3) is 0 Å². The maximum atomic E-state index is 2.81. The average molecular weight is 279 g/mol. The number of quaternary nitrogens is 1. The van der Waals surface area contributed by atoms with Crippen LogP contribution in [0.3, 0.4) is 0 Å². The number of nitrogens with one attached hydrogen (secondary N) is 1. The molecule has 6 unspecified atom stereocenters. The number of hydrogen-bond acceptors (Lipinski definition) is 1. The van der Waals surface area contributed by atoms with Crippen LogP contribution < -0.4 is 4.90 Å². The van der Waals surface area contributed by atoms with Crippen LogP contribution in [0.1, 0.15) is 59.8 Å². The molecular weight excluding hydrogens is 244 g/mol. The third-order valence-corrected chi connectivity index (χ3v) is 6.36. The molecule has 1 aliphatic carbocycles. The van der Waals surface area contributed by atoms with E-state index >= 15 is 0 Å². The summed E-state index contributed by atoms with van der Waals surface area (Å²) in [6, 6.07) is 0.855. The van der Waals surface area contributed by atoms with Crippen molar-refractivity contribution in [3.63, 3.8) is 0 Å². The van der Waals surface area contributed by atoms with Crippen LogP contribution in [0.4, 0.5) is 0 Å². The Morgan fingerprint density at radius 2 is 1.70 bits per heavy atom. The molecule has 0 radical (unpaired) electrons. The van der Waals surface area contributed by atoms with E-state index < -0.39 is 0 Å². The topological polar surface area (TPSA) is 7.68 Å². The van der Waals surface area contributed by atoms with Crippen molar-refractivity contribution in [2.45, 2.75) is 72.0 Å². The van der Waals surface area contributed by atoms with Gasteiger partial charge in [0.25, 0.3) is 0 Å². The molecule has 3 rings (SSSR count). The average Bonchev–Trinajstić information content (AvgIpc) is 2.66. The standard InChI is InChI=1S/C18H34N2/c1-13-8-14(2)10-17(9-13)12-20-16(4)11-19-7-5-6-15(3)18(19)20/h13-18H,5-12H2,1-4H3/p+1. The van der Waals surface area contributed by atoms with Crippen molar-refractivity contribution in [2.75, 3.05) is 19.6 Å². The monoisotopic (exact) mass is 279 g/mol. The van der Waals surface area contributed by atoms with E-state index in [1.165, 1.54) is 51.7 Å². The van der Waals surface area contributed by atoms with Crippen LogP contribution >= 0.6 is 0 Å². The minimum atomic E-state index is 0.839. The summed E-state index contributed by atoms with van der Waals surface area (Å²) in [4.78, 5) is 4.74. The fraction of sp³-hybridized carbons (Fsp3) is 1.00. The first-order valence-corrected chi connectivity index (χ1v) is 9.14. The summed E-state index contributed by atoms with van der Waals surface area (Å²) >= 11 is 0. The minimum Gasteiger partial charge on any atom is -0.316 e. The fourth-order valence-corrected chi connectivity index (χ4v) is 5.77. The third kappa shape index (κ3) is 2.92. The fourth-order valence-electron chi connectivity index (χ4n) is 5.77. The van der Waals surface area contributed by atoms with Gasteiger partial charge in [-0.15, -0.1) is 0 Å². The van der Waals surface area contributed by atoms with Gasteiger partial charge in [-0.25, -0.2) is 4.90 Å². The smallest absolute Gasteiger partial charge is 0.146 e. The first kappa shape index (κ1) is 14.8. The maximum absolute atomic E-state index is 2.81. The Balaban J connectivity index is 1.66. The van der Waals surface area contributed by atoms with Gasteiger partial charge in [0.05, 0.1) is 19.1 Å². The van der Waals surface area contributed by atoms with Crippen LogP contribution in [-0.2, 0) is 0 Å². The molecule has 0 bridgehead atoms. The zero-order valence-electron chi connectivity index (χ0n) is 14.1. The molecular formula is C18H35N2+. The predicted octanol–water partition coefficient (Wildman–Crippen LogP) is 2.40. The van der Waals surface area contributed by atoms with Gasteiger partial charge in [0.1, 0.15) is 6.17 Å². The van der Waals surface area contributed by atoms with Crippen LogP contribution in [0, 0.1) is 23.7 Å². The number of fused-ring (bicyclic) bond motifs is 1. The Bertz CT molecular complexity index is 319. The van der Waals surface area contributed by atoms with Crippen molar-refractivity contribution in [3.05, 3.63) is 0 Å². The Labute approximate surface area is 125 Å². The lowest BCUT2D eigenvalue weighted by molar-refractivity contribution is -0.946. The second-order valence-corrected chi connectivity index (χ2v) is 8.52. The molecule has 116 valence electrons. The summed E-state index contributed by atoms with van der Waals surface area (Å²) in [5.41, 5.74) is 0. The van der Waals surface area contributed by atoms with E-state index in [1.807, 2.05) is 4.90 Å². The molecule has 3 fully saturated rings. The molecule has 1 N–H and O–H groups in total. The highest BCUT2D eigenvalue weighted by atomic mass is 15.4. The number of piperidine rings is 1. The zero-order chi connectivity index (χ0) is 14.3. The van der Waals surface area contributed by atoms with E-state index in [9.17, 15) is 0 Å². The molecule has 2 saturated heterocycles. The predicted molar refractivity (Wildman–Crippen MR) is 84.7 cm³/mol. The van der Waals surface area contributed by atoms with E-state index in [0.717, 1.165) is 35.9 Å². The summed E-state index contributed by atoms with van der Waals surface area (Å²) in [7, 11) is 0. The Morgan fingerprint density at radius 1 is 1.00 bits per heavy atom. The Hall–Kier alpha value is -0.0800. The summed E-state index contributed by atoms with van der Waals surface area (Å²) in [5.74, 6) is 3.81. The molecule has 1 saturated carbocycles. The van der Waals surface area contributed by atoms with Crippen LogP contribution in [-0.4, -0.2) is 36.7 Å². The van der Waals surface area contributed by atoms with Crippen molar-refractivity contribution in [1.82, 2.24) is 4.90 Å². The zero-order valence-corrected chi connectivity index (χ0v) is 14.1. The van der Waals surface area contributed by atoms with E-state index in [0.29, 0.717) is 0 Å². The minimum absolute atomic E-state index is 0.839. The van der Waals surface area contributed by atoms with Gasteiger partial charge in [-0.3, -0.25) is 0 Å². The van der Waals surface area contributed by atoms with Gasteiger partial charge in [-0.2, -0.15) is 0 Å². The number of rotatable bonds is 2. The summed E-state index contributed by atoms with van der Waals surface area (Å²) in [6.45, 7) is 14.1. The third-order valence-electron chi connectivity index (χ3n) is 6.36. The Kier molecular flexibility index (Phi) is 4.42. The largest absolute Gasteiger partial charge is 0.316 e. The molecule has 2 aliphatic heterocycles. The lowest BCUT2D eigenvalue weighted by Crippen LogP contribution is -3.19. The molecule has 3 aliphatic rings. The molecule has 2 heteroatoms. The van der Waals surface area contributed by atoms with E-state index in [-0.39, 0.29) is 0 Å². The van der Waals surface area contributed by atoms with Crippen LogP contribution in [0.2, 0.25) is 0 Å². The highest BCUT2D eigenvalue weighted by Gasteiger charge is 2.46. The molecule has 0 aromatic carbocycles. The summed E-state index contributed by atoms with van der Waals surface area (Å²) < 4.78 is 0. The molecule has 0 aromatic rings. The van der Waals surface area contributed by atoms with E-state index in [1.54, 1.807) is 0 Å². The van der Waals surface area contributed by atoms with Gasteiger partial charge in [0.2, 0.25) is 0 Å². The molecule has 0 spiro atoms. The van der Waals surface area contributed by atoms with Gasteiger partial charge < -0.3 is 4.90 Å². The second kappa shape index (κ2) is 5.96. The van der Waals surface area contributed by atoms with E-state index in [4.69, 9.17) is 0 Å². The SMILES string of the molecule is CC1CC(C)CC(C[NH+]2C(C)CN3CCCC(C)C32)C1. The van der Waals surface area contributed by atoms with Crippen molar-refractivity contribution in [2.24, 2.45) is 23.7 Å². The lowest BCUT2D eigenvalue weighted by Gasteiger charge is -2.39. The quantitative estimate of drug-likeness (QED) is 0.815. The van der Waals surface area contributed by atoms with Crippen molar-refractivity contribution < 1.29 is 4.90 Å². The lowest BCUT2D eigenvalue weighted by atomic mass is 9.76. The van der Waals surface area contributed by atoms with Gasteiger partial charge in [0, 0.05) is 18.4 Å². The molecule has 0 amide bonds. The van der Waals surface area contributed by atoms with Crippen LogP contribution in [0.15, 0.2) is 0 Å². The molecule has 20 heavy (non-hydrogen) atoms. The maximum Gasteiger partial charge on any atom is 0.146 e.